The van der Waals surface area contributed by atoms with Crippen LogP contribution in [0.3, 0.4) is 0 Å². The van der Waals surface area contributed by atoms with Crippen LogP contribution >= 0.6 is 0 Å². The predicted molar refractivity (Wildman–Crippen MR) is 105 cm³/mol. The van der Waals surface area contributed by atoms with E-state index in [9.17, 15) is 4.79 Å². The van der Waals surface area contributed by atoms with Gasteiger partial charge < -0.3 is 14.8 Å². The van der Waals surface area contributed by atoms with Gasteiger partial charge in [-0.3, -0.25) is 4.79 Å². The van der Waals surface area contributed by atoms with Crippen molar-refractivity contribution in [3.05, 3.63) is 59.2 Å². The fraction of sp³-hybridized carbons (Fsp3) is 0.364. The van der Waals surface area contributed by atoms with Crippen LogP contribution < -0.4 is 14.8 Å². The normalized spacial score (nSPS) is 10.3. The summed E-state index contributed by atoms with van der Waals surface area (Å²) >= 11 is 0. The summed E-state index contributed by atoms with van der Waals surface area (Å²) in [6.45, 7) is 7.60. The van der Waals surface area contributed by atoms with E-state index in [0.717, 1.165) is 11.3 Å². The summed E-state index contributed by atoms with van der Waals surface area (Å²) in [7, 11) is 0. The van der Waals surface area contributed by atoms with Crippen LogP contribution in [-0.4, -0.2) is 19.1 Å². The highest BCUT2D eigenvalue weighted by Crippen LogP contribution is 2.23. The molecule has 2 aromatic carbocycles. The number of nitrogens with zero attached hydrogens (tertiary/aromatic N) is 1. The molecule has 1 N–H and O–H groups in total. The third-order valence-electron chi connectivity index (χ3n) is 4.16. The highest BCUT2D eigenvalue weighted by Gasteiger charge is 2.07. The molecule has 0 bridgehead atoms. The van der Waals surface area contributed by atoms with Crippen LogP contribution in [0.5, 0.6) is 11.5 Å². The highest BCUT2D eigenvalue weighted by atomic mass is 16.5. The maximum absolute atomic E-state index is 11.4. The molecule has 0 aliphatic heterocycles. The van der Waals surface area contributed by atoms with Gasteiger partial charge in [-0.05, 0) is 42.2 Å². The zero-order valence-electron chi connectivity index (χ0n) is 16.1. The van der Waals surface area contributed by atoms with Crippen molar-refractivity contribution in [2.45, 2.75) is 39.7 Å². The van der Waals surface area contributed by atoms with Crippen LogP contribution in [0.15, 0.2) is 42.5 Å². The van der Waals surface area contributed by atoms with E-state index in [1.54, 1.807) is 0 Å². The molecule has 0 radical (unpaired) electrons. The van der Waals surface area contributed by atoms with Crippen LogP contribution in [0.25, 0.3) is 0 Å². The lowest BCUT2D eigenvalue weighted by Crippen LogP contribution is -2.22. The van der Waals surface area contributed by atoms with Gasteiger partial charge >= 0.3 is 0 Å². The van der Waals surface area contributed by atoms with Crippen LogP contribution in [0.1, 0.15) is 42.9 Å². The molecule has 2 aromatic rings. The molecule has 1 amide bonds. The summed E-state index contributed by atoms with van der Waals surface area (Å²) in [5, 5.41) is 11.2. The second-order valence-electron chi connectivity index (χ2n) is 6.59. The van der Waals surface area contributed by atoms with Gasteiger partial charge in [-0.2, -0.15) is 5.26 Å². The molecule has 0 saturated heterocycles. The molecular formula is C22H26N2O3. The Labute approximate surface area is 160 Å². The number of hydrogen-bond donors (Lipinski definition) is 1. The van der Waals surface area contributed by atoms with Gasteiger partial charge in [-0.25, -0.2) is 0 Å². The summed E-state index contributed by atoms with van der Waals surface area (Å²) in [6, 6.07) is 15.5. The van der Waals surface area contributed by atoms with E-state index in [4.69, 9.17) is 14.7 Å². The fourth-order valence-corrected chi connectivity index (χ4v) is 2.82. The third kappa shape index (κ3) is 6.34. The number of aryl methyl sites for hydroxylation is 1. The van der Waals surface area contributed by atoms with E-state index < -0.39 is 0 Å². The Morgan fingerprint density at radius 2 is 1.89 bits per heavy atom. The van der Waals surface area contributed by atoms with Crippen molar-refractivity contribution in [1.82, 2.24) is 5.32 Å². The lowest BCUT2D eigenvalue weighted by Gasteiger charge is -2.14. The molecule has 0 unspecified atom stereocenters. The molecule has 0 fully saturated rings. The molecule has 0 aliphatic rings. The number of benzene rings is 2. The SMILES string of the molecule is Cc1cc(OCCOc2ccccc2CNC(=O)CC#N)ccc1C(C)C. The average Bonchev–Trinajstić information content (AvgIpc) is 2.64. The molecule has 2 rings (SSSR count). The predicted octanol–water partition coefficient (Wildman–Crippen LogP) is 4.11. The number of amides is 1. The number of ether oxygens (including phenoxy) is 2. The van der Waals surface area contributed by atoms with Crippen molar-refractivity contribution < 1.29 is 14.3 Å². The van der Waals surface area contributed by atoms with Crippen molar-refractivity contribution in [2.24, 2.45) is 0 Å². The van der Waals surface area contributed by atoms with Crippen LogP contribution in [0.2, 0.25) is 0 Å². The van der Waals surface area contributed by atoms with Gasteiger partial charge in [0.2, 0.25) is 5.91 Å². The quantitative estimate of drug-likeness (QED) is 0.678. The maximum atomic E-state index is 11.4. The van der Waals surface area contributed by atoms with E-state index in [2.05, 4.69) is 32.2 Å². The van der Waals surface area contributed by atoms with Crippen molar-refractivity contribution >= 4 is 5.91 Å². The minimum absolute atomic E-state index is 0.147. The standard InChI is InChI=1S/C22H26N2O3/c1-16(2)20-9-8-19(14-17(20)3)26-12-13-27-21-7-5-4-6-18(21)15-24-22(25)10-11-23/h4-9,14,16H,10,12-13,15H2,1-3H3,(H,24,25). The van der Waals surface area contributed by atoms with Gasteiger partial charge in [-0.15, -0.1) is 0 Å². The molecular weight excluding hydrogens is 340 g/mol. The first-order valence-corrected chi connectivity index (χ1v) is 9.09. The van der Waals surface area contributed by atoms with E-state index >= 15 is 0 Å². The largest absolute Gasteiger partial charge is 0.490 e. The monoisotopic (exact) mass is 366 g/mol. The molecule has 0 aromatic heterocycles. The number of para-hydroxylation sites is 1. The van der Waals surface area contributed by atoms with Crippen molar-refractivity contribution in [3.8, 4) is 17.6 Å². The zero-order chi connectivity index (χ0) is 19.6. The minimum atomic E-state index is -0.296. The molecule has 0 saturated carbocycles. The highest BCUT2D eigenvalue weighted by molar-refractivity contribution is 5.78. The first kappa shape index (κ1) is 20.3. The topological polar surface area (TPSA) is 71.3 Å². The second-order valence-corrected chi connectivity index (χ2v) is 6.59. The number of rotatable bonds is 9. The number of carbonyl (C=O) groups excluding carboxylic acids is 1. The van der Waals surface area contributed by atoms with Crippen LogP contribution in [0.4, 0.5) is 0 Å². The molecule has 5 nitrogen and oxygen atoms in total. The Morgan fingerprint density at radius 3 is 2.59 bits per heavy atom. The molecule has 142 valence electrons. The van der Waals surface area contributed by atoms with Crippen LogP contribution in [-0.2, 0) is 11.3 Å². The molecule has 5 heteroatoms. The number of nitrogens with one attached hydrogen (secondary N) is 1. The lowest BCUT2D eigenvalue weighted by molar-refractivity contribution is -0.120. The van der Waals surface area contributed by atoms with Crippen molar-refractivity contribution in [1.29, 1.82) is 5.26 Å². The smallest absolute Gasteiger partial charge is 0.234 e. The second kappa shape index (κ2) is 10.2. The van der Waals surface area contributed by atoms with E-state index in [1.807, 2.05) is 42.5 Å². The Balaban J connectivity index is 1.84. The van der Waals surface area contributed by atoms with Crippen molar-refractivity contribution in [2.75, 3.05) is 13.2 Å². The Kier molecular flexibility index (Phi) is 7.69. The summed E-state index contributed by atoms with van der Waals surface area (Å²) in [4.78, 5) is 11.4. The Hall–Kier alpha value is -3.00. The zero-order valence-corrected chi connectivity index (χ0v) is 16.1. The van der Waals surface area contributed by atoms with Gasteiger partial charge in [0.1, 0.15) is 31.1 Å². The Morgan fingerprint density at radius 1 is 1.15 bits per heavy atom. The van der Waals surface area contributed by atoms with Gasteiger partial charge in [0, 0.05) is 12.1 Å². The van der Waals surface area contributed by atoms with E-state index in [-0.39, 0.29) is 12.3 Å². The summed E-state index contributed by atoms with van der Waals surface area (Å²) < 4.78 is 11.6. The average molecular weight is 366 g/mol. The molecule has 27 heavy (non-hydrogen) atoms. The van der Waals surface area contributed by atoms with Crippen molar-refractivity contribution in [3.63, 3.8) is 0 Å². The summed E-state index contributed by atoms with van der Waals surface area (Å²) in [5.74, 6) is 1.73. The first-order chi connectivity index (χ1) is 13.0. The van der Waals surface area contributed by atoms with E-state index in [0.29, 0.717) is 31.4 Å². The molecule has 0 heterocycles. The van der Waals surface area contributed by atoms with Gasteiger partial charge in [0.05, 0.1) is 6.07 Å². The third-order valence-corrected chi connectivity index (χ3v) is 4.16. The maximum Gasteiger partial charge on any atom is 0.234 e. The first-order valence-electron chi connectivity index (χ1n) is 9.09. The molecule has 0 spiro atoms. The Bertz CT molecular complexity index is 809. The summed E-state index contributed by atoms with van der Waals surface area (Å²) in [5.41, 5.74) is 3.41. The molecule has 0 atom stereocenters. The number of carbonyl (C=O) groups is 1. The minimum Gasteiger partial charge on any atom is -0.490 e. The molecule has 0 aliphatic carbocycles. The number of nitriles is 1. The van der Waals surface area contributed by atoms with Gasteiger partial charge in [0.15, 0.2) is 0 Å². The lowest BCUT2D eigenvalue weighted by atomic mass is 9.98. The van der Waals surface area contributed by atoms with Gasteiger partial charge in [0.25, 0.3) is 0 Å². The van der Waals surface area contributed by atoms with Gasteiger partial charge in [-0.1, -0.05) is 38.1 Å². The van der Waals surface area contributed by atoms with E-state index in [1.165, 1.54) is 11.1 Å². The number of hydrogen-bond acceptors (Lipinski definition) is 4. The van der Waals surface area contributed by atoms with Crippen LogP contribution in [0, 0.1) is 18.3 Å². The summed E-state index contributed by atoms with van der Waals surface area (Å²) in [6.07, 6.45) is -0.147. The fourth-order valence-electron chi connectivity index (χ4n) is 2.82.